The lowest BCUT2D eigenvalue weighted by molar-refractivity contribution is -0.123. The van der Waals surface area contributed by atoms with Crippen molar-refractivity contribution in [3.05, 3.63) is 12.2 Å². The normalized spacial score (nSPS) is 12.7. The summed E-state index contributed by atoms with van der Waals surface area (Å²) in [6, 6.07) is -0.533. The molecule has 0 aromatic rings. The highest BCUT2D eigenvalue weighted by molar-refractivity contribution is 5.76. The smallest absolute Gasteiger partial charge is 0.220 e. The van der Waals surface area contributed by atoms with E-state index in [0.29, 0.717) is 12.8 Å². The number of unbranched alkanes of at least 4 members (excludes halogenated alkanes) is 51. The molecule has 2 unspecified atom stereocenters. The summed E-state index contributed by atoms with van der Waals surface area (Å²) in [4.78, 5) is 12.5. The van der Waals surface area contributed by atoms with Gasteiger partial charge in [-0.2, -0.15) is 0 Å². The lowest BCUT2D eigenvalue weighted by Gasteiger charge is -2.22. The van der Waals surface area contributed by atoms with Crippen molar-refractivity contribution in [3.8, 4) is 0 Å². The number of rotatable bonds is 60. The largest absolute Gasteiger partial charge is 0.394 e. The summed E-state index contributed by atoms with van der Waals surface area (Å²) < 4.78 is 0. The van der Waals surface area contributed by atoms with Crippen LogP contribution in [0.5, 0.6) is 0 Å². The number of hydrogen-bond donors (Lipinski definition) is 3. The fraction of sp³-hybridized carbons (Fsp3) is 0.953. The molecular formula is C64H127NO3. The molecule has 0 saturated carbocycles. The van der Waals surface area contributed by atoms with Crippen LogP contribution in [-0.2, 0) is 4.79 Å². The van der Waals surface area contributed by atoms with Crippen LogP contribution < -0.4 is 5.32 Å². The molecule has 3 N–H and O–H groups in total. The van der Waals surface area contributed by atoms with E-state index in [2.05, 4.69) is 31.3 Å². The second kappa shape index (κ2) is 60.4. The van der Waals surface area contributed by atoms with E-state index < -0.39 is 12.1 Å². The van der Waals surface area contributed by atoms with E-state index in [1.165, 1.54) is 321 Å². The Morgan fingerprint density at radius 3 is 0.809 bits per heavy atom. The standard InChI is InChI=1S/C64H127NO3/c1-3-5-7-9-11-13-15-17-19-21-23-24-25-26-27-28-29-30-31-32-33-34-35-36-37-38-39-40-42-44-46-48-50-52-54-56-58-60-64(68)65-62(61-66)63(67)59-57-55-53-51-49-47-45-43-41-22-20-18-16-14-12-10-8-6-4-2/h30-31,62-63,66-67H,3-29,32-61H2,1-2H3,(H,65,68)/b31-30-. The van der Waals surface area contributed by atoms with Crippen molar-refractivity contribution >= 4 is 5.91 Å². The number of aliphatic hydroxyl groups is 2. The Morgan fingerprint density at radius 2 is 0.559 bits per heavy atom. The highest BCUT2D eigenvalue weighted by Crippen LogP contribution is 2.19. The molecule has 0 saturated heterocycles. The molecule has 0 fully saturated rings. The van der Waals surface area contributed by atoms with Crippen LogP contribution >= 0.6 is 0 Å². The minimum atomic E-state index is -0.657. The van der Waals surface area contributed by atoms with E-state index in [0.717, 1.165) is 25.7 Å². The Bertz CT molecular complexity index is 952. The predicted molar refractivity (Wildman–Crippen MR) is 304 cm³/mol. The van der Waals surface area contributed by atoms with Crippen LogP contribution in [0.2, 0.25) is 0 Å². The second-order valence-corrected chi connectivity index (χ2v) is 22.2. The third-order valence-corrected chi connectivity index (χ3v) is 15.3. The average Bonchev–Trinajstić information content (AvgIpc) is 3.34. The Hall–Kier alpha value is -0.870. The quantitative estimate of drug-likeness (QED) is 0.0420. The molecule has 0 radical (unpaired) electrons. The summed E-state index contributed by atoms with van der Waals surface area (Å²) >= 11 is 0. The molecule has 4 heteroatoms. The topological polar surface area (TPSA) is 69.6 Å². The zero-order valence-corrected chi connectivity index (χ0v) is 46.9. The number of hydrogen-bond acceptors (Lipinski definition) is 3. The summed E-state index contributed by atoms with van der Waals surface area (Å²) in [6.45, 7) is 4.41. The summed E-state index contributed by atoms with van der Waals surface area (Å²) in [6.07, 6.45) is 79.6. The van der Waals surface area contributed by atoms with Gasteiger partial charge in [-0.1, -0.05) is 341 Å². The maximum Gasteiger partial charge on any atom is 0.220 e. The SMILES string of the molecule is CCCCCCCCCCCCCCCCCC/C=C\CCCCCCCCCCCCCCCCCCCC(=O)NC(CO)C(O)CCCCCCCCCCCCCCCCCCCCC. The van der Waals surface area contributed by atoms with Crippen LogP contribution in [0.15, 0.2) is 12.2 Å². The molecule has 0 aliphatic carbocycles. The van der Waals surface area contributed by atoms with Crippen LogP contribution in [0, 0.1) is 0 Å². The van der Waals surface area contributed by atoms with E-state index >= 15 is 0 Å². The van der Waals surface area contributed by atoms with Gasteiger partial charge in [0.05, 0.1) is 18.8 Å². The molecule has 68 heavy (non-hydrogen) atoms. The molecule has 0 aliphatic heterocycles. The van der Waals surface area contributed by atoms with Gasteiger partial charge in [0.25, 0.3) is 0 Å². The fourth-order valence-electron chi connectivity index (χ4n) is 10.4. The Labute approximate surface area is 428 Å². The van der Waals surface area contributed by atoms with Crippen molar-refractivity contribution in [2.75, 3.05) is 6.61 Å². The molecule has 4 nitrogen and oxygen atoms in total. The number of amides is 1. The van der Waals surface area contributed by atoms with Gasteiger partial charge < -0.3 is 15.5 Å². The first-order chi connectivity index (χ1) is 33.7. The van der Waals surface area contributed by atoms with E-state index in [1.54, 1.807) is 0 Å². The number of carbonyl (C=O) groups excluding carboxylic acids is 1. The maximum atomic E-state index is 12.5. The van der Waals surface area contributed by atoms with Crippen LogP contribution in [-0.4, -0.2) is 34.9 Å². The zero-order chi connectivity index (χ0) is 49.2. The molecule has 0 rings (SSSR count). The third kappa shape index (κ3) is 56.0. The number of allylic oxidation sites excluding steroid dienone is 2. The van der Waals surface area contributed by atoms with Gasteiger partial charge in [-0.3, -0.25) is 4.79 Å². The fourth-order valence-corrected chi connectivity index (χ4v) is 10.4. The Kier molecular flexibility index (Phi) is 59.7. The lowest BCUT2D eigenvalue weighted by atomic mass is 10.0. The van der Waals surface area contributed by atoms with Gasteiger partial charge in [0.15, 0.2) is 0 Å². The highest BCUT2D eigenvalue weighted by atomic mass is 16.3. The molecule has 0 aromatic heterocycles. The second-order valence-electron chi connectivity index (χ2n) is 22.2. The molecule has 0 aromatic carbocycles. The van der Waals surface area contributed by atoms with E-state index in [1.807, 2.05) is 0 Å². The zero-order valence-electron chi connectivity index (χ0n) is 46.9. The molecule has 406 valence electrons. The van der Waals surface area contributed by atoms with Gasteiger partial charge in [0, 0.05) is 6.42 Å². The first-order valence-corrected chi connectivity index (χ1v) is 31.9. The number of aliphatic hydroxyl groups excluding tert-OH is 2. The van der Waals surface area contributed by atoms with Gasteiger partial charge in [-0.15, -0.1) is 0 Å². The van der Waals surface area contributed by atoms with E-state index in [4.69, 9.17) is 0 Å². The van der Waals surface area contributed by atoms with Crippen LogP contribution in [0.4, 0.5) is 0 Å². The first kappa shape index (κ1) is 67.1. The molecule has 0 heterocycles. The first-order valence-electron chi connectivity index (χ1n) is 31.9. The summed E-state index contributed by atoms with van der Waals surface area (Å²) in [7, 11) is 0. The van der Waals surface area contributed by atoms with Crippen molar-refractivity contribution in [1.82, 2.24) is 5.32 Å². The maximum absolute atomic E-state index is 12.5. The monoisotopic (exact) mass is 958 g/mol. The Morgan fingerprint density at radius 1 is 0.338 bits per heavy atom. The lowest BCUT2D eigenvalue weighted by Crippen LogP contribution is -2.45. The summed E-state index contributed by atoms with van der Waals surface area (Å²) in [5.41, 5.74) is 0. The number of nitrogens with one attached hydrogen (secondary N) is 1. The van der Waals surface area contributed by atoms with Gasteiger partial charge in [-0.25, -0.2) is 0 Å². The summed E-state index contributed by atoms with van der Waals surface area (Å²) in [5.74, 6) is -0.0229. The van der Waals surface area contributed by atoms with Crippen molar-refractivity contribution in [2.45, 2.75) is 386 Å². The van der Waals surface area contributed by atoms with Gasteiger partial charge in [-0.05, 0) is 38.5 Å². The van der Waals surface area contributed by atoms with Crippen LogP contribution in [0.25, 0.3) is 0 Å². The summed E-state index contributed by atoms with van der Waals surface area (Å²) in [5, 5.41) is 23.4. The van der Waals surface area contributed by atoms with Crippen molar-refractivity contribution in [3.63, 3.8) is 0 Å². The van der Waals surface area contributed by atoms with E-state index in [9.17, 15) is 15.0 Å². The minimum absolute atomic E-state index is 0.0229. The number of carbonyl (C=O) groups is 1. The van der Waals surface area contributed by atoms with Crippen LogP contribution in [0.1, 0.15) is 373 Å². The molecule has 0 spiro atoms. The van der Waals surface area contributed by atoms with Gasteiger partial charge in [0.1, 0.15) is 0 Å². The van der Waals surface area contributed by atoms with Crippen molar-refractivity contribution in [2.24, 2.45) is 0 Å². The van der Waals surface area contributed by atoms with E-state index in [-0.39, 0.29) is 12.5 Å². The van der Waals surface area contributed by atoms with Gasteiger partial charge >= 0.3 is 0 Å². The third-order valence-electron chi connectivity index (χ3n) is 15.3. The molecular weight excluding hydrogens is 831 g/mol. The molecule has 1 amide bonds. The molecule has 0 aliphatic rings. The molecule has 0 bridgehead atoms. The predicted octanol–water partition coefficient (Wildman–Crippen LogP) is 21.3. The van der Waals surface area contributed by atoms with Crippen molar-refractivity contribution < 1.29 is 15.0 Å². The van der Waals surface area contributed by atoms with Crippen molar-refractivity contribution in [1.29, 1.82) is 0 Å². The average molecular weight is 959 g/mol. The molecule has 2 atom stereocenters. The highest BCUT2D eigenvalue weighted by Gasteiger charge is 2.20. The van der Waals surface area contributed by atoms with Gasteiger partial charge in [0.2, 0.25) is 5.91 Å². The Balaban J connectivity index is 3.37. The minimum Gasteiger partial charge on any atom is -0.394 e. The van der Waals surface area contributed by atoms with Crippen LogP contribution in [0.3, 0.4) is 0 Å².